The van der Waals surface area contributed by atoms with Crippen LogP contribution in [0.1, 0.15) is 38.5 Å². The van der Waals surface area contributed by atoms with E-state index in [-0.39, 0.29) is 6.04 Å². The van der Waals surface area contributed by atoms with E-state index >= 15 is 0 Å². The Bertz CT molecular complexity index is 219. The summed E-state index contributed by atoms with van der Waals surface area (Å²) < 4.78 is 0. The normalized spacial score (nSPS) is 32.8. The second-order valence-corrected chi connectivity index (χ2v) is 4.70. The number of nitrogens with zero attached hydrogens (tertiary/aromatic N) is 1. The summed E-state index contributed by atoms with van der Waals surface area (Å²) >= 11 is 0. The van der Waals surface area contributed by atoms with Crippen LogP contribution in [0.15, 0.2) is 0 Å². The zero-order chi connectivity index (χ0) is 10.7. The fourth-order valence-corrected chi connectivity index (χ4v) is 2.87. The van der Waals surface area contributed by atoms with Gasteiger partial charge in [0.25, 0.3) is 0 Å². The van der Waals surface area contributed by atoms with Crippen LogP contribution in [0.5, 0.6) is 0 Å². The number of carboxylic acid groups (broad SMARTS) is 1. The van der Waals surface area contributed by atoms with Crippen molar-refractivity contribution in [2.24, 2.45) is 0 Å². The number of likely N-dealkylation sites (tertiary alicyclic amines) is 1. The van der Waals surface area contributed by atoms with Gasteiger partial charge < -0.3 is 15.3 Å². The van der Waals surface area contributed by atoms with Crippen molar-refractivity contribution in [2.45, 2.75) is 50.6 Å². The zero-order valence-corrected chi connectivity index (χ0v) is 9.11. The van der Waals surface area contributed by atoms with Crippen LogP contribution in [0.3, 0.4) is 0 Å². The molecule has 0 bridgehead atoms. The molecule has 2 aliphatic rings. The zero-order valence-electron chi connectivity index (χ0n) is 9.11. The molecule has 1 aliphatic carbocycles. The minimum absolute atomic E-state index is 0.196. The van der Waals surface area contributed by atoms with Crippen molar-refractivity contribution >= 4 is 6.09 Å². The van der Waals surface area contributed by atoms with Crippen LogP contribution in [0, 0.1) is 0 Å². The van der Waals surface area contributed by atoms with Crippen LogP contribution in [0.4, 0.5) is 4.79 Å². The van der Waals surface area contributed by atoms with Gasteiger partial charge >= 0.3 is 6.09 Å². The summed E-state index contributed by atoms with van der Waals surface area (Å²) in [6.07, 6.45) is 6.14. The van der Waals surface area contributed by atoms with Gasteiger partial charge in [-0.05, 0) is 51.6 Å². The lowest BCUT2D eigenvalue weighted by molar-refractivity contribution is 0.160. The van der Waals surface area contributed by atoms with E-state index in [0.29, 0.717) is 0 Å². The quantitative estimate of drug-likeness (QED) is 0.732. The average Bonchev–Trinajstić information content (AvgIpc) is 2.71. The van der Waals surface area contributed by atoms with Gasteiger partial charge in [-0.2, -0.15) is 0 Å². The average molecular weight is 212 g/mol. The van der Waals surface area contributed by atoms with Gasteiger partial charge in [0.1, 0.15) is 0 Å². The molecule has 0 spiro atoms. The number of hydrogen-bond donors (Lipinski definition) is 2. The van der Waals surface area contributed by atoms with Crippen molar-refractivity contribution in [3.05, 3.63) is 0 Å². The summed E-state index contributed by atoms with van der Waals surface area (Å²) in [6.45, 7) is 2.50. The molecule has 2 N–H and O–H groups in total. The standard InChI is InChI=1S/C11H20N2O2/c14-11(15)12-9-3-5-10(6-4-9)13-7-1-2-8-13/h9-10,12H,1-8H2,(H,14,15)/t9-,10+. The smallest absolute Gasteiger partial charge is 0.404 e. The van der Waals surface area contributed by atoms with Gasteiger partial charge in [-0.3, -0.25) is 0 Å². The SMILES string of the molecule is O=C(O)N[C@H]1CC[C@@H](N2CCCC2)CC1. The van der Waals surface area contributed by atoms with Gasteiger partial charge in [0.2, 0.25) is 0 Å². The molecule has 0 unspecified atom stereocenters. The maximum Gasteiger partial charge on any atom is 0.404 e. The lowest BCUT2D eigenvalue weighted by atomic mass is 9.90. The van der Waals surface area contributed by atoms with Gasteiger partial charge in [0.05, 0.1) is 0 Å². The Morgan fingerprint density at radius 2 is 1.73 bits per heavy atom. The lowest BCUT2D eigenvalue weighted by Crippen LogP contribution is -2.42. The Morgan fingerprint density at radius 1 is 1.13 bits per heavy atom. The Kier molecular flexibility index (Phi) is 3.46. The highest BCUT2D eigenvalue weighted by Gasteiger charge is 2.27. The molecule has 0 aromatic heterocycles. The molecule has 4 heteroatoms. The van der Waals surface area contributed by atoms with Crippen molar-refractivity contribution in [3.8, 4) is 0 Å². The highest BCUT2D eigenvalue weighted by Crippen LogP contribution is 2.25. The Balaban J connectivity index is 1.73. The fourth-order valence-electron chi connectivity index (χ4n) is 2.87. The van der Waals surface area contributed by atoms with Crippen molar-refractivity contribution in [3.63, 3.8) is 0 Å². The molecular formula is C11H20N2O2. The van der Waals surface area contributed by atoms with E-state index in [1.165, 1.54) is 25.9 Å². The number of amides is 1. The molecule has 1 saturated carbocycles. The van der Waals surface area contributed by atoms with Crippen molar-refractivity contribution < 1.29 is 9.90 Å². The van der Waals surface area contributed by atoms with Crippen LogP contribution in [-0.2, 0) is 0 Å². The summed E-state index contributed by atoms with van der Waals surface area (Å²) in [4.78, 5) is 13.1. The number of hydrogen-bond acceptors (Lipinski definition) is 2. The highest BCUT2D eigenvalue weighted by molar-refractivity contribution is 5.64. The van der Waals surface area contributed by atoms with Crippen molar-refractivity contribution in [2.75, 3.05) is 13.1 Å². The third-order valence-electron chi connectivity index (χ3n) is 3.68. The summed E-state index contributed by atoms with van der Waals surface area (Å²) in [7, 11) is 0. The van der Waals surface area contributed by atoms with Crippen LogP contribution < -0.4 is 5.32 Å². The molecule has 0 atom stereocenters. The maximum atomic E-state index is 10.5. The Hall–Kier alpha value is -0.770. The van der Waals surface area contributed by atoms with E-state index in [4.69, 9.17) is 5.11 Å². The molecule has 1 saturated heterocycles. The number of rotatable bonds is 2. The summed E-state index contributed by atoms with van der Waals surface area (Å²) in [5.41, 5.74) is 0. The molecule has 0 aromatic rings. The first kappa shape index (κ1) is 10.7. The molecular weight excluding hydrogens is 192 g/mol. The van der Waals surface area contributed by atoms with Gasteiger partial charge in [-0.1, -0.05) is 0 Å². The highest BCUT2D eigenvalue weighted by atomic mass is 16.4. The molecule has 86 valence electrons. The van der Waals surface area contributed by atoms with Crippen molar-refractivity contribution in [1.82, 2.24) is 10.2 Å². The molecule has 1 heterocycles. The van der Waals surface area contributed by atoms with E-state index in [0.717, 1.165) is 31.7 Å². The summed E-state index contributed by atoms with van der Waals surface area (Å²) in [5.74, 6) is 0. The van der Waals surface area contributed by atoms with E-state index in [1.54, 1.807) is 0 Å². The summed E-state index contributed by atoms with van der Waals surface area (Å²) in [5, 5.41) is 11.2. The van der Waals surface area contributed by atoms with E-state index in [2.05, 4.69) is 10.2 Å². The molecule has 4 nitrogen and oxygen atoms in total. The Labute approximate surface area is 90.6 Å². The fraction of sp³-hybridized carbons (Fsp3) is 0.909. The van der Waals surface area contributed by atoms with E-state index in [9.17, 15) is 4.79 Å². The van der Waals surface area contributed by atoms with Gasteiger partial charge in [-0.25, -0.2) is 4.79 Å². The van der Waals surface area contributed by atoms with Crippen LogP contribution >= 0.6 is 0 Å². The monoisotopic (exact) mass is 212 g/mol. The molecule has 15 heavy (non-hydrogen) atoms. The van der Waals surface area contributed by atoms with Crippen LogP contribution in [-0.4, -0.2) is 41.3 Å². The minimum Gasteiger partial charge on any atom is -0.465 e. The van der Waals surface area contributed by atoms with Crippen LogP contribution in [0.2, 0.25) is 0 Å². The van der Waals surface area contributed by atoms with Gasteiger partial charge in [-0.15, -0.1) is 0 Å². The van der Waals surface area contributed by atoms with Crippen molar-refractivity contribution in [1.29, 1.82) is 0 Å². The van der Waals surface area contributed by atoms with Gasteiger partial charge in [0, 0.05) is 12.1 Å². The number of carbonyl (C=O) groups is 1. The molecule has 1 amide bonds. The predicted molar refractivity (Wildman–Crippen MR) is 58.0 cm³/mol. The molecule has 1 aliphatic heterocycles. The lowest BCUT2D eigenvalue weighted by Gasteiger charge is -2.34. The second-order valence-electron chi connectivity index (χ2n) is 4.70. The first-order chi connectivity index (χ1) is 7.25. The molecule has 0 radical (unpaired) electrons. The third kappa shape index (κ3) is 2.84. The van der Waals surface area contributed by atoms with E-state index < -0.39 is 6.09 Å². The second kappa shape index (κ2) is 4.84. The third-order valence-corrected chi connectivity index (χ3v) is 3.68. The van der Waals surface area contributed by atoms with E-state index in [1.807, 2.05) is 0 Å². The topological polar surface area (TPSA) is 52.6 Å². The molecule has 0 aromatic carbocycles. The predicted octanol–water partition coefficient (Wildman–Crippen LogP) is 1.66. The number of nitrogens with one attached hydrogen (secondary N) is 1. The first-order valence-electron chi connectivity index (χ1n) is 5.99. The van der Waals surface area contributed by atoms with Gasteiger partial charge in [0.15, 0.2) is 0 Å². The maximum absolute atomic E-state index is 10.5. The molecule has 2 rings (SSSR count). The molecule has 2 fully saturated rings. The van der Waals surface area contributed by atoms with Crippen LogP contribution in [0.25, 0.3) is 0 Å². The first-order valence-corrected chi connectivity index (χ1v) is 5.99. The largest absolute Gasteiger partial charge is 0.465 e. The summed E-state index contributed by atoms with van der Waals surface area (Å²) in [6, 6.07) is 0.917. The Morgan fingerprint density at radius 3 is 2.27 bits per heavy atom. The minimum atomic E-state index is -0.875.